The minimum absolute atomic E-state index is 0.115. The van der Waals surface area contributed by atoms with Crippen molar-refractivity contribution in [3.63, 3.8) is 0 Å². The highest BCUT2D eigenvalue weighted by atomic mass is 16.3. The molecular weight excluding hydrogens is 252 g/mol. The second-order valence-corrected chi connectivity index (χ2v) is 4.85. The zero-order valence-electron chi connectivity index (χ0n) is 11.7. The largest absolute Gasteiger partial charge is 0.469 e. The SMILES string of the molecule is CN(Cc1ccc(CN)cc1)C(=O)CCc1ccco1. The van der Waals surface area contributed by atoms with Crippen molar-refractivity contribution in [3.05, 3.63) is 59.5 Å². The standard InChI is InChI=1S/C16H20N2O2/c1-18(12-14-6-4-13(11-17)5-7-14)16(19)9-8-15-3-2-10-20-15/h2-7,10H,8-9,11-12,17H2,1H3. The van der Waals surface area contributed by atoms with Crippen LogP contribution in [0.3, 0.4) is 0 Å². The molecule has 0 saturated heterocycles. The minimum Gasteiger partial charge on any atom is -0.469 e. The van der Waals surface area contributed by atoms with Gasteiger partial charge in [0.25, 0.3) is 0 Å². The molecule has 0 aliphatic carbocycles. The van der Waals surface area contributed by atoms with E-state index in [0.29, 0.717) is 25.9 Å². The number of carbonyl (C=O) groups excluding carboxylic acids is 1. The van der Waals surface area contributed by atoms with Gasteiger partial charge in [-0.3, -0.25) is 4.79 Å². The Hall–Kier alpha value is -2.07. The van der Waals surface area contributed by atoms with E-state index in [9.17, 15) is 4.79 Å². The summed E-state index contributed by atoms with van der Waals surface area (Å²) in [7, 11) is 1.82. The Balaban J connectivity index is 1.83. The lowest BCUT2D eigenvalue weighted by atomic mass is 10.1. The molecule has 0 bridgehead atoms. The van der Waals surface area contributed by atoms with Crippen molar-refractivity contribution in [3.8, 4) is 0 Å². The molecule has 1 heterocycles. The molecule has 106 valence electrons. The first-order valence-corrected chi connectivity index (χ1v) is 6.73. The van der Waals surface area contributed by atoms with Crippen LogP contribution in [0.15, 0.2) is 47.1 Å². The fraction of sp³-hybridized carbons (Fsp3) is 0.312. The molecule has 2 aromatic rings. The van der Waals surface area contributed by atoms with Gasteiger partial charge in [-0.15, -0.1) is 0 Å². The van der Waals surface area contributed by atoms with Gasteiger partial charge < -0.3 is 15.1 Å². The van der Waals surface area contributed by atoms with Crippen LogP contribution in [-0.4, -0.2) is 17.9 Å². The maximum Gasteiger partial charge on any atom is 0.223 e. The van der Waals surface area contributed by atoms with E-state index >= 15 is 0 Å². The molecule has 1 amide bonds. The molecular formula is C16H20N2O2. The molecule has 4 heteroatoms. The van der Waals surface area contributed by atoms with E-state index in [0.717, 1.165) is 16.9 Å². The lowest BCUT2D eigenvalue weighted by molar-refractivity contribution is -0.130. The smallest absolute Gasteiger partial charge is 0.223 e. The fourth-order valence-corrected chi connectivity index (χ4v) is 2.02. The number of aryl methyl sites for hydroxylation is 1. The average molecular weight is 272 g/mol. The van der Waals surface area contributed by atoms with Crippen LogP contribution in [0.1, 0.15) is 23.3 Å². The van der Waals surface area contributed by atoms with Crippen LogP contribution in [0.25, 0.3) is 0 Å². The first-order valence-electron chi connectivity index (χ1n) is 6.73. The summed E-state index contributed by atoms with van der Waals surface area (Å²) in [5.41, 5.74) is 7.77. The second kappa shape index (κ2) is 6.91. The third kappa shape index (κ3) is 3.96. The molecule has 0 atom stereocenters. The van der Waals surface area contributed by atoms with E-state index in [1.54, 1.807) is 11.2 Å². The van der Waals surface area contributed by atoms with Gasteiger partial charge in [0.2, 0.25) is 5.91 Å². The summed E-state index contributed by atoms with van der Waals surface area (Å²) >= 11 is 0. The number of carbonyl (C=O) groups is 1. The molecule has 0 fully saturated rings. The van der Waals surface area contributed by atoms with Crippen molar-refractivity contribution < 1.29 is 9.21 Å². The topological polar surface area (TPSA) is 59.5 Å². The molecule has 2 rings (SSSR count). The third-order valence-corrected chi connectivity index (χ3v) is 3.27. The van der Waals surface area contributed by atoms with E-state index in [1.807, 2.05) is 43.4 Å². The third-order valence-electron chi connectivity index (χ3n) is 3.27. The monoisotopic (exact) mass is 272 g/mol. The highest BCUT2D eigenvalue weighted by Crippen LogP contribution is 2.09. The maximum absolute atomic E-state index is 12.0. The molecule has 4 nitrogen and oxygen atoms in total. The average Bonchev–Trinajstić information content (AvgIpc) is 2.98. The van der Waals surface area contributed by atoms with Gasteiger partial charge in [-0.25, -0.2) is 0 Å². The molecule has 20 heavy (non-hydrogen) atoms. The van der Waals surface area contributed by atoms with Crippen LogP contribution in [0.5, 0.6) is 0 Å². The Morgan fingerprint density at radius 3 is 2.50 bits per heavy atom. The van der Waals surface area contributed by atoms with Crippen LogP contribution in [-0.2, 0) is 24.3 Å². The Morgan fingerprint density at radius 1 is 1.20 bits per heavy atom. The summed E-state index contributed by atoms with van der Waals surface area (Å²) in [6.07, 6.45) is 2.73. The van der Waals surface area contributed by atoms with Crippen molar-refractivity contribution in [2.75, 3.05) is 7.05 Å². The van der Waals surface area contributed by atoms with Crippen LogP contribution < -0.4 is 5.73 Å². The van der Waals surface area contributed by atoms with Gasteiger partial charge in [0, 0.05) is 33.0 Å². The predicted octanol–water partition coefficient (Wildman–Crippen LogP) is 2.33. The molecule has 0 unspecified atom stereocenters. The summed E-state index contributed by atoms with van der Waals surface area (Å²) in [6.45, 7) is 1.15. The molecule has 0 aliphatic rings. The summed E-state index contributed by atoms with van der Waals surface area (Å²) in [5.74, 6) is 0.961. The van der Waals surface area contributed by atoms with Gasteiger partial charge in [0.1, 0.15) is 5.76 Å². The van der Waals surface area contributed by atoms with Crippen LogP contribution in [0.2, 0.25) is 0 Å². The van der Waals surface area contributed by atoms with Crippen molar-refractivity contribution in [2.24, 2.45) is 5.73 Å². The molecule has 0 radical (unpaired) electrons. The summed E-state index contributed by atoms with van der Waals surface area (Å²) in [6, 6.07) is 11.7. The first-order chi connectivity index (χ1) is 9.69. The van der Waals surface area contributed by atoms with Gasteiger partial charge in [-0.1, -0.05) is 24.3 Å². The highest BCUT2D eigenvalue weighted by Gasteiger charge is 2.10. The quantitative estimate of drug-likeness (QED) is 0.878. The van der Waals surface area contributed by atoms with E-state index in [4.69, 9.17) is 10.2 Å². The lowest BCUT2D eigenvalue weighted by Gasteiger charge is -2.17. The molecule has 0 aliphatic heterocycles. The molecule has 2 N–H and O–H groups in total. The number of hydrogen-bond acceptors (Lipinski definition) is 3. The molecule has 0 saturated carbocycles. The number of furan rings is 1. The van der Waals surface area contributed by atoms with Crippen LogP contribution in [0.4, 0.5) is 0 Å². The molecule has 1 aromatic carbocycles. The van der Waals surface area contributed by atoms with Gasteiger partial charge in [0.15, 0.2) is 0 Å². The zero-order valence-corrected chi connectivity index (χ0v) is 11.7. The lowest BCUT2D eigenvalue weighted by Crippen LogP contribution is -2.26. The van der Waals surface area contributed by atoms with Crippen molar-refractivity contribution in [1.82, 2.24) is 4.90 Å². The normalized spacial score (nSPS) is 10.5. The van der Waals surface area contributed by atoms with Crippen LogP contribution in [0, 0.1) is 0 Å². The number of hydrogen-bond donors (Lipinski definition) is 1. The van der Waals surface area contributed by atoms with E-state index in [-0.39, 0.29) is 5.91 Å². The Kier molecular flexibility index (Phi) is 4.96. The molecule has 1 aromatic heterocycles. The Labute approximate surface area is 119 Å². The first kappa shape index (κ1) is 14.3. The Bertz CT molecular complexity index is 532. The van der Waals surface area contributed by atoms with Crippen molar-refractivity contribution >= 4 is 5.91 Å². The second-order valence-electron chi connectivity index (χ2n) is 4.85. The Morgan fingerprint density at radius 2 is 1.90 bits per heavy atom. The number of nitrogens with zero attached hydrogens (tertiary/aromatic N) is 1. The fourth-order valence-electron chi connectivity index (χ4n) is 2.02. The maximum atomic E-state index is 12.0. The van der Waals surface area contributed by atoms with Gasteiger partial charge in [-0.05, 0) is 23.3 Å². The van der Waals surface area contributed by atoms with E-state index in [2.05, 4.69) is 0 Å². The van der Waals surface area contributed by atoms with Crippen molar-refractivity contribution in [1.29, 1.82) is 0 Å². The van der Waals surface area contributed by atoms with E-state index in [1.165, 1.54) is 0 Å². The number of rotatable bonds is 6. The van der Waals surface area contributed by atoms with Gasteiger partial charge >= 0.3 is 0 Å². The van der Waals surface area contributed by atoms with E-state index < -0.39 is 0 Å². The summed E-state index contributed by atoms with van der Waals surface area (Å²) in [5, 5.41) is 0. The highest BCUT2D eigenvalue weighted by molar-refractivity contribution is 5.76. The number of nitrogens with two attached hydrogens (primary N) is 1. The van der Waals surface area contributed by atoms with Crippen molar-refractivity contribution in [2.45, 2.75) is 25.9 Å². The van der Waals surface area contributed by atoms with Crippen LogP contribution >= 0.6 is 0 Å². The van der Waals surface area contributed by atoms with Gasteiger partial charge in [-0.2, -0.15) is 0 Å². The zero-order chi connectivity index (χ0) is 14.4. The summed E-state index contributed by atoms with van der Waals surface area (Å²) < 4.78 is 5.22. The van der Waals surface area contributed by atoms with Gasteiger partial charge in [0.05, 0.1) is 6.26 Å². The number of benzene rings is 1. The minimum atomic E-state index is 0.115. The summed E-state index contributed by atoms with van der Waals surface area (Å²) in [4.78, 5) is 13.8. The molecule has 0 spiro atoms. The predicted molar refractivity (Wildman–Crippen MR) is 77.8 cm³/mol. The number of amides is 1.